The van der Waals surface area contributed by atoms with Gasteiger partial charge in [0.15, 0.2) is 0 Å². The van der Waals surface area contributed by atoms with Gasteiger partial charge in [-0.1, -0.05) is 54.1 Å². The van der Waals surface area contributed by atoms with Crippen molar-refractivity contribution in [2.75, 3.05) is 24.5 Å². The number of para-hydroxylation sites is 1. The van der Waals surface area contributed by atoms with E-state index in [2.05, 4.69) is 5.32 Å². The molecule has 6 nitrogen and oxygen atoms in total. The number of hydrogen-bond acceptors (Lipinski definition) is 4. The highest BCUT2D eigenvalue weighted by Gasteiger charge is 2.28. The Labute approximate surface area is 196 Å². The molecule has 0 aliphatic carbocycles. The van der Waals surface area contributed by atoms with Crippen molar-refractivity contribution < 1.29 is 17.9 Å². The van der Waals surface area contributed by atoms with E-state index in [-0.39, 0.29) is 17.3 Å². The van der Waals surface area contributed by atoms with Crippen molar-refractivity contribution in [1.82, 2.24) is 5.32 Å². The average Bonchev–Trinajstić information content (AvgIpc) is 2.81. The van der Waals surface area contributed by atoms with Gasteiger partial charge >= 0.3 is 0 Å². The summed E-state index contributed by atoms with van der Waals surface area (Å²) in [6.45, 7) is 3.93. The summed E-state index contributed by atoms with van der Waals surface area (Å²) in [5.74, 6) is 0.466. The average molecular weight is 467 g/mol. The maximum Gasteiger partial charge on any atom is 0.264 e. The highest BCUT2D eigenvalue weighted by atomic mass is 32.2. The van der Waals surface area contributed by atoms with Gasteiger partial charge in [-0.3, -0.25) is 9.10 Å². The molecule has 0 unspecified atom stereocenters. The number of sulfonamides is 1. The predicted molar refractivity (Wildman–Crippen MR) is 131 cm³/mol. The molecule has 0 spiro atoms. The number of methoxy groups -OCH3 is 1. The lowest BCUT2D eigenvalue weighted by Gasteiger charge is -2.26. The summed E-state index contributed by atoms with van der Waals surface area (Å²) in [4.78, 5) is 12.9. The maximum atomic E-state index is 13.4. The van der Waals surface area contributed by atoms with Crippen LogP contribution in [-0.4, -0.2) is 34.5 Å². The molecule has 0 aliphatic rings. The standard InChI is InChI=1S/C26H30N2O4S/c1-20-15-16-24(21(2)18-20)28(33(30,31)23-12-5-4-6-13-23)19-26(29)27-17-9-11-22-10-7-8-14-25(22)32-3/h4-8,10,12-16,18H,9,11,17,19H2,1-3H3,(H,27,29). The minimum absolute atomic E-state index is 0.147. The Kier molecular flexibility index (Phi) is 8.11. The molecule has 1 N–H and O–H groups in total. The monoisotopic (exact) mass is 466 g/mol. The minimum Gasteiger partial charge on any atom is -0.496 e. The zero-order valence-corrected chi connectivity index (χ0v) is 20.1. The second kappa shape index (κ2) is 11.0. The predicted octanol–water partition coefficient (Wildman–Crippen LogP) is 4.26. The number of benzene rings is 3. The maximum absolute atomic E-state index is 13.4. The van der Waals surface area contributed by atoms with Gasteiger partial charge < -0.3 is 10.1 Å². The van der Waals surface area contributed by atoms with Crippen LogP contribution in [-0.2, 0) is 21.2 Å². The summed E-state index contributed by atoms with van der Waals surface area (Å²) in [5.41, 5.74) is 3.37. The SMILES string of the molecule is COc1ccccc1CCCNC(=O)CN(c1ccc(C)cc1C)S(=O)(=O)c1ccccc1. The molecule has 33 heavy (non-hydrogen) atoms. The molecule has 0 saturated heterocycles. The Hall–Kier alpha value is -3.32. The number of hydrogen-bond donors (Lipinski definition) is 1. The lowest BCUT2D eigenvalue weighted by atomic mass is 10.1. The summed E-state index contributed by atoms with van der Waals surface area (Å²) in [7, 11) is -2.28. The molecule has 0 aromatic heterocycles. The van der Waals surface area contributed by atoms with Crippen molar-refractivity contribution in [2.45, 2.75) is 31.6 Å². The quantitative estimate of drug-likeness (QED) is 0.453. The molecule has 0 bridgehead atoms. The highest BCUT2D eigenvalue weighted by Crippen LogP contribution is 2.27. The number of carbonyl (C=O) groups excluding carboxylic acids is 1. The Morgan fingerprint density at radius 3 is 2.36 bits per heavy atom. The van der Waals surface area contributed by atoms with E-state index in [1.54, 1.807) is 31.4 Å². The first-order valence-electron chi connectivity index (χ1n) is 10.9. The minimum atomic E-state index is -3.91. The second-order valence-electron chi connectivity index (χ2n) is 7.88. The van der Waals surface area contributed by atoms with Crippen LogP contribution in [0.3, 0.4) is 0 Å². The zero-order valence-electron chi connectivity index (χ0n) is 19.2. The number of anilines is 1. The molecule has 0 atom stereocenters. The molecule has 0 radical (unpaired) electrons. The molecule has 174 valence electrons. The fraction of sp³-hybridized carbons (Fsp3) is 0.269. The van der Waals surface area contributed by atoms with E-state index in [0.29, 0.717) is 18.7 Å². The van der Waals surface area contributed by atoms with E-state index in [1.165, 1.54) is 16.4 Å². The third-order valence-corrected chi connectivity index (χ3v) is 7.15. The van der Waals surface area contributed by atoms with Gasteiger partial charge in [0, 0.05) is 6.54 Å². The van der Waals surface area contributed by atoms with Gasteiger partial charge in [-0.05, 0) is 62.1 Å². The van der Waals surface area contributed by atoms with E-state index in [9.17, 15) is 13.2 Å². The molecule has 3 aromatic carbocycles. The fourth-order valence-corrected chi connectivity index (χ4v) is 5.21. The number of amides is 1. The third kappa shape index (κ3) is 6.14. The lowest BCUT2D eigenvalue weighted by Crippen LogP contribution is -2.41. The van der Waals surface area contributed by atoms with Crippen LogP contribution in [0.15, 0.2) is 77.7 Å². The molecule has 1 amide bonds. The first-order valence-corrected chi connectivity index (χ1v) is 12.3. The summed E-state index contributed by atoms with van der Waals surface area (Å²) in [6.07, 6.45) is 1.45. The molecule has 0 heterocycles. The summed E-state index contributed by atoms with van der Waals surface area (Å²) in [5, 5.41) is 2.86. The lowest BCUT2D eigenvalue weighted by molar-refractivity contribution is -0.119. The number of aryl methyl sites for hydroxylation is 3. The van der Waals surface area contributed by atoms with Crippen molar-refractivity contribution in [1.29, 1.82) is 0 Å². The molecule has 0 fully saturated rings. The van der Waals surface area contributed by atoms with Crippen LogP contribution in [0.4, 0.5) is 5.69 Å². The van der Waals surface area contributed by atoms with Crippen molar-refractivity contribution >= 4 is 21.6 Å². The van der Waals surface area contributed by atoms with Crippen LogP contribution in [0.5, 0.6) is 5.75 Å². The van der Waals surface area contributed by atoms with E-state index < -0.39 is 10.0 Å². The Bertz CT molecular complexity index is 1190. The van der Waals surface area contributed by atoms with E-state index in [1.807, 2.05) is 50.2 Å². The van der Waals surface area contributed by atoms with Crippen LogP contribution in [0.25, 0.3) is 0 Å². The Morgan fingerprint density at radius 1 is 0.970 bits per heavy atom. The third-order valence-electron chi connectivity index (χ3n) is 5.38. The summed E-state index contributed by atoms with van der Waals surface area (Å²) < 4.78 is 33.4. The molecule has 3 aromatic rings. The number of rotatable bonds is 10. The smallest absolute Gasteiger partial charge is 0.264 e. The molecule has 7 heteroatoms. The van der Waals surface area contributed by atoms with Crippen molar-refractivity contribution in [2.24, 2.45) is 0 Å². The van der Waals surface area contributed by atoms with Crippen LogP contribution in [0, 0.1) is 13.8 Å². The number of carbonyl (C=O) groups is 1. The normalized spacial score (nSPS) is 11.1. The summed E-state index contributed by atoms with van der Waals surface area (Å²) in [6, 6.07) is 21.5. The largest absolute Gasteiger partial charge is 0.496 e. The first-order chi connectivity index (χ1) is 15.8. The van der Waals surface area contributed by atoms with Crippen molar-refractivity contribution in [3.8, 4) is 5.75 Å². The topological polar surface area (TPSA) is 75.7 Å². The Morgan fingerprint density at radius 2 is 1.67 bits per heavy atom. The van der Waals surface area contributed by atoms with Crippen molar-refractivity contribution in [3.05, 3.63) is 89.5 Å². The number of nitrogens with zero attached hydrogens (tertiary/aromatic N) is 1. The van der Waals surface area contributed by atoms with Gasteiger partial charge in [-0.2, -0.15) is 0 Å². The molecular weight excluding hydrogens is 436 g/mol. The summed E-state index contributed by atoms with van der Waals surface area (Å²) >= 11 is 0. The zero-order chi connectivity index (χ0) is 23.8. The van der Waals surface area contributed by atoms with Gasteiger partial charge in [0.2, 0.25) is 5.91 Å². The first kappa shape index (κ1) is 24.3. The number of nitrogens with one attached hydrogen (secondary N) is 1. The van der Waals surface area contributed by atoms with Gasteiger partial charge in [-0.25, -0.2) is 8.42 Å². The van der Waals surface area contributed by atoms with Gasteiger partial charge in [0.1, 0.15) is 12.3 Å². The van der Waals surface area contributed by atoms with Gasteiger partial charge in [-0.15, -0.1) is 0 Å². The Balaban J connectivity index is 1.73. The number of ether oxygens (including phenoxy) is 1. The van der Waals surface area contributed by atoms with Crippen LogP contribution in [0.2, 0.25) is 0 Å². The highest BCUT2D eigenvalue weighted by molar-refractivity contribution is 7.92. The fourth-order valence-electron chi connectivity index (χ4n) is 3.71. The molecular formula is C26H30N2O4S. The van der Waals surface area contributed by atoms with E-state index in [4.69, 9.17) is 4.74 Å². The molecule has 0 saturated carbocycles. The second-order valence-corrected chi connectivity index (χ2v) is 9.74. The van der Waals surface area contributed by atoms with Crippen LogP contribution >= 0.6 is 0 Å². The molecule has 0 aliphatic heterocycles. The van der Waals surface area contributed by atoms with Crippen molar-refractivity contribution in [3.63, 3.8) is 0 Å². The van der Waals surface area contributed by atoms with Gasteiger partial charge in [0.05, 0.1) is 17.7 Å². The van der Waals surface area contributed by atoms with Gasteiger partial charge in [0.25, 0.3) is 10.0 Å². The van der Waals surface area contributed by atoms with Crippen LogP contribution in [0.1, 0.15) is 23.1 Å². The van der Waals surface area contributed by atoms with E-state index in [0.717, 1.165) is 28.9 Å². The molecule has 3 rings (SSSR count). The van der Waals surface area contributed by atoms with Crippen LogP contribution < -0.4 is 14.4 Å². The van der Waals surface area contributed by atoms with E-state index >= 15 is 0 Å².